The maximum Gasteiger partial charge on any atom is 0.276 e. The van der Waals surface area contributed by atoms with Crippen LogP contribution in [-0.2, 0) is 12.8 Å². The average molecular weight is 266 g/mol. The van der Waals surface area contributed by atoms with Crippen LogP contribution in [0.3, 0.4) is 0 Å². The van der Waals surface area contributed by atoms with Crippen molar-refractivity contribution in [3.05, 3.63) is 51.8 Å². The molecule has 20 heavy (non-hydrogen) atoms. The third kappa shape index (κ3) is 1.46. The van der Waals surface area contributed by atoms with Gasteiger partial charge in [-0.15, -0.1) is 0 Å². The van der Waals surface area contributed by atoms with Crippen molar-refractivity contribution in [1.29, 1.82) is 0 Å². The summed E-state index contributed by atoms with van der Waals surface area (Å²) in [6.07, 6.45) is 6.27. The molecule has 0 aromatic carbocycles. The fraction of sp³-hybridized carbons (Fsp3) is 0.267. The van der Waals surface area contributed by atoms with Gasteiger partial charge in [0, 0.05) is 29.2 Å². The van der Waals surface area contributed by atoms with Gasteiger partial charge in [-0.05, 0) is 43.9 Å². The number of H-pyrrole nitrogens is 1. The van der Waals surface area contributed by atoms with Crippen molar-refractivity contribution < 1.29 is 0 Å². The Labute approximate surface area is 115 Å². The lowest BCUT2D eigenvalue weighted by atomic mass is 10.1. The Kier molecular flexibility index (Phi) is 2.30. The summed E-state index contributed by atoms with van der Waals surface area (Å²) >= 11 is 0. The van der Waals surface area contributed by atoms with Crippen molar-refractivity contribution in [2.75, 3.05) is 0 Å². The molecule has 100 valence electrons. The SMILES string of the molecule is Cc1[nH]n2c(=O)c3c(nc2c1-c1ccncc1)CCC3. The maximum absolute atomic E-state index is 12.5. The van der Waals surface area contributed by atoms with Gasteiger partial charge < -0.3 is 0 Å². The van der Waals surface area contributed by atoms with E-state index in [0.29, 0.717) is 0 Å². The third-order valence-electron chi connectivity index (χ3n) is 3.95. The molecule has 0 aliphatic heterocycles. The van der Waals surface area contributed by atoms with E-state index in [1.54, 1.807) is 16.9 Å². The number of hydrogen-bond acceptors (Lipinski definition) is 3. The van der Waals surface area contributed by atoms with Crippen LogP contribution in [0.15, 0.2) is 29.3 Å². The van der Waals surface area contributed by atoms with Gasteiger partial charge in [0.25, 0.3) is 5.56 Å². The minimum Gasteiger partial charge on any atom is -0.293 e. The summed E-state index contributed by atoms with van der Waals surface area (Å²) in [6.45, 7) is 1.97. The molecule has 0 saturated carbocycles. The third-order valence-corrected chi connectivity index (χ3v) is 3.95. The number of aryl methyl sites for hydroxylation is 2. The van der Waals surface area contributed by atoms with Gasteiger partial charge in [-0.25, -0.2) is 9.50 Å². The van der Waals surface area contributed by atoms with Gasteiger partial charge in [-0.3, -0.25) is 14.9 Å². The summed E-state index contributed by atoms with van der Waals surface area (Å²) < 4.78 is 1.58. The summed E-state index contributed by atoms with van der Waals surface area (Å²) in [6, 6.07) is 3.88. The number of nitrogens with zero attached hydrogens (tertiary/aromatic N) is 3. The largest absolute Gasteiger partial charge is 0.293 e. The Balaban J connectivity index is 2.11. The predicted molar refractivity (Wildman–Crippen MR) is 75.8 cm³/mol. The standard InChI is InChI=1S/C15H14N4O/c1-9-13(10-5-7-16-8-6-10)14-17-12-4-2-3-11(12)15(20)19(14)18-9/h5-8,18H,2-4H2,1H3. The summed E-state index contributed by atoms with van der Waals surface area (Å²) in [4.78, 5) is 21.3. The molecule has 0 radical (unpaired) electrons. The van der Waals surface area contributed by atoms with Crippen molar-refractivity contribution in [1.82, 2.24) is 19.6 Å². The minimum atomic E-state index is 0.0471. The lowest BCUT2D eigenvalue weighted by Gasteiger charge is -2.02. The molecule has 0 unspecified atom stereocenters. The smallest absolute Gasteiger partial charge is 0.276 e. The predicted octanol–water partition coefficient (Wildman–Crippen LogP) is 1.88. The van der Waals surface area contributed by atoms with Crippen molar-refractivity contribution in [2.24, 2.45) is 0 Å². The van der Waals surface area contributed by atoms with E-state index in [2.05, 4.69) is 10.1 Å². The first-order valence-corrected chi connectivity index (χ1v) is 6.79. The van der Waals surface area contributed by atoms with E-state index in [4.69, 9.17) is 4.98 Å². The van der Waals surface area contributed by atoms with Gasteiger partial charge in [0.15, 0.2) is 5.65 Å². The van der Waals surface area contributed by atoms with Crippen LogP contribution in [0.25, 0.3) is 16.8 Å². The highest BCUT2D eigenvalue weighted by Crippen LogP contribution is 2.27. The Bertz CT molecular complexity index is 861. The number of rotatable bonds is 1. The molecule has 1 N–H and O–H groups in total. The van der Waals surface area contributed by atoms with E-state index < -0.39 is 0 Å². The number of nitrogens with one attached hydrogen (secondary N) is 1. The van der Waals surface area contributed by atoms with Crippen LogP contribution in [0.5, 0.6) is 0 Å². The van der Waals surface area contributed by atoms with E-state index in [-0.39, 0.29) is 5.56 Å². The van der Waals surface area contributed by atoms with Gasteiger partial charge >= 0.3 is 0 Å². The lowest BCUT2D eigenvalue weighted by molar-refractivity contribution is 0.856. The molecular formula is C15H14N4O. The normalized spacial score (nSPS) is 13.8. The van der Waals surface area contributed by atoms with E-state index in [1.807, 2.05) is 19.1 Å². The number of aromatic amines is 1. The highest BCUT2D eigenvalue weighted by atomic mass is 16.1. The van der Waals surface area contributed by atoms with E-state index in [9.17, 15) is 4.79 Å². The summed E-state index contributed by atoms with van der Waals surface area (Å²) in [5.41, 5.74) is 5.56. The van der Waals surface area contributed by atoms with Gasteiger partial charge in [0.05, 0.1) is 5.69 Å². The van der Waals surface area contributed by atoms with E-state index >= 15 is 0 Å². The van der Waals surface area contributed by atoms with Crippen LogP contribution in [0.1, 0.15) is 23.4 Å². The highest BCUT2D eigenvalue weighted by molar-refractivity contribution is 5.79. The fourth-order valence-electron chi connectivity index (χ4n) is 3.02. The first-order chi connectivity index (χ1) is 9.75. The monoisotopic (exact) mass is 266 g/mol. The van der Waals surface area contributed by atoms with Crippen molar-refractivity contribution in [3.8, 4) is 11.1 Å². The van der Waals surface area contributed by atoms with Crippen molar-refractivity contribution in [2.45, 2.75) is 26.2 Å². The molecule has 0 spiro atoms. The fourth-order valence-corrected chi connectivity index (χ4v) is 3.02. The lowest BCUT2D eigenvalue weighted by Crippen LogP contribution is -2.20. The second-order valence-corrected chi connectivity index (χ2v) is 5.20. The maximum atomic E-state index is 12.5. The zero-order valence-corrected chi connectivity index (χ0v) is 11.2. The summed E-state index contributed by atoms with van der Waals surface area (Å²) in [5, 5.41) is 3.14. The first kappa shape index (κ1) is 11.4. The molecule has 4 rings (SSSR count). The molecule has 0 amide bonds. The molecule has 0 fully saturated rings. The van der Waals surface area contributed by atoms with Crippen LogP contribution in [0, 0.1) is 6.92 Å². The van der Waals surface area contributed by atoms with E-state index in [0.717, 1.165) is 53.0 Å². The minimum absolute atomic E-state index is 0.0471. The van der Waals surface area contributed by atoms with E-state index in [1.165, 1.54) is 0 Å². The number of pyridine rings is 1. The molecule has 5 nitrogen and oxygen atoms in total. The average Bonchev–Trinajstić information content (AvgIpc) is 3.04. The van der Waals surface area contributed by atoms with Crippen molar-refractivity contribution in [3.63, 3.8) is 0 Å². The molecule has 3 aromatic rings. The molecule has 0 atom stereocenters. The molecule has 5 heteroatoms. The van der Waals surface area contributed by atoms with Crippen LogP contribution in [-0.4, -0.2) is 19.6 Å². The van der Waals surface area contributed by atoms with Gasteiger partial charge in [0.2, 0.25) is 0 Å². The molecule has 3 heterocycles. The second kappa shape index (κ2) is 4.03. The molecule has 1 aliphatic carbocycles. The molecule has 0 bridgehead atoms. The van der Waals surface area contributed by atoms with Crippen LogP contribution >= 0.6 is 0 Å². The zero-order valence-electron chi connectivity index (χ0n) is 11.2. The van der Waals surface area contributed by atoms with Gasteiger partial charge in [-0.2, -0.15) is 0 Å². The number of fused-ring (bicyclic) bond motifs is 2. The van der Waals surface area contributed by atoms with Crippen molar-refractivity contribution >= 4 is 5.65 Å². The Hall–Kier alpha value is -2.43. The quantitative estimate of drug-likeness (QED) is 0.731. The van der Waals surface area contributed by atoms with Gasteiger partial charge in [0.1, 0.15) is 0 Å². The number of hydrogen-bond donors (Lipinski definition) is 1. The van der Waals surface area contributed by atoms with Crippen LogP contribution in [0.2, 0.25) is 0 Å². The summed E-state index contributed by atoms with van der Waals surface area (Å²) in [5.74, 6) is 0. The first-order valence-electron chi connectivity index (χ1n) is 6.79. The Morgan fingerprint density at radius 3 is 2.85 bits per heavy atom. The van der Waals surface area contributed by atoms with Crippen LogP contribution in [0.4, 0.5) is 0 Å². The van der Waals surface area contributed by atoms with Gasteiger partial charge in [-0.1, -0.05) is 0 Å². The molecule has 3 aromatic heterocycles. The highest BCUT2D eigenvalue weighted by Gasteiger charge is 2.21. The topological polar surface area (TPSA) is 63.0 Å². The number of aromatic nitrogens is 4. The molecule has 1 aliphatic rings. The molecular weight excluding hydrogens is 252 g/mol. The Morgan fingerprint density at radius 2 is 2.05 bits per heavy atom. The zero-order chi connectivity index (χ0) is 13.7. The Morgan fingerprint density at radius 1 is 1.25 bits per heavy atom. The molecule has 0 saturated heterocycles. The summed E-state index contributed by atoms with van der Waals surface area (Å²) in [7, 11) is 0. The van der Waals surface area contributed by atoms with Crippen LogP contribution < -0.4 is 5.56 Å². The second-order valence-electron chi connectivity index (χ2n) is 5.20.